The normalized spacial score (nSPS) is 19.4. The second-order valence-electron chi connectivity index (χ2n) is 9.28. The van der Waals surface area contributed by atoms with Crippen molar-refractivity contribution in [2.75, 3.05) is 55.3 Å². The Morgan fingerprint density at radius 3 is 2.21 bits per heavy atom. The zero-order valence-electron chi connectivity index (χ0n) is 19.0. The molecular weight excluding hydrogens is 416 g/mol. The number of hydrogen-bond acceptors (Lipinski definition) is 7. The lowest BCUT2D eigenvalue weighted by Crippen LogP contribution is -2.51. The lowest BCUT2D eigenvalue weighted by atomic mass is 9.81. The van der Waals surface area contributed by atoms with Gasteiger partial charge in [-0.3, -0.25) is 14.5 Å². The van der Waals surface area contributed by atoms with Gasteiger partial charge in [-0.05, 0) is 18.9 Å². The number of aliphatic hydroxyl groups excluding tert-OH is 1. The first-order valence-electron chi connectivity index (χ1n) is 12.1. The van der Waals surface area contributed by atoms with Crippen molar-refractivity contribution in [3.8, 4) is 0 Å². The fraction of sp³-hybridized carbons (Fsp3) is 0.462. The fourth-order valence-electron chi connectivity index (χ4n) is 5.67. The Morgan fingerprint density at radius 1 is 0.939 bits per heavy atom. The summed E-state index contributed by atoms with van der Waals surface area (Å²) in [5.41, 5.74) is 9.73. The molecule has 0 radical (unpaired) electrons. The summed E-state index contributed by atoms with van der Waals surface area (Å²) in [6.45, 7) is 3.81. The van der Waals surface area contributed by atoms with Crippen molar-refractivity contribution in [1.82, 2.24) is 4.90 Å². The van der Waals surface area contributed by atoms with E-state index in [0.717, 1.165) is 31.9 Å². The summed E-state index contributed by atoms with van der Waals surface area (Å²) >= 11 is 0. The molecule has 1 saturated carbocycles. The number of nitrogens with two attached hydrogens (primary N) is 1. The third kappa shape index (κ3) is 3.89. The number of benzene rings is 2. The van der Waals surface area contributed by atoms with Crippen LogP contribution in [0.2, 0.25) is 0 Å². The van der Waals surface area contributed by atoms with Crippen molar-refractivity contribution in [3.05, 3.63) is 52.6 Å². The molecule has 0 unspecified atom stereocenters. The number of nitrogens with one attached hydrogen (secondary N) is 1. The van der Waals surface area contributed by atoms with E-state index in [4.69, 9.17) is 5.73 Å². The molecule has 0 atom stereocenters. The summed E-state index contributed by atoms with van der Waals surface area (Å²) in [5.74, 6) is -0.423. The van der Waals surface area contributed by atoms with Crippen LogP contribution < -0.4 is 16.0 Å². The second-order valence-corrected chi connectivity index (χ2v) is 9.28. The minimum atomic E-state index is -0.215. The van der Waals surface area contributed by atoms with Gasteiger partial charge in [0, 0.05) is 55.6 Å². The SMILES string of the molecule is Nc1c(N2CCN(C3CCCCC3)CC2)cc(NCCO)c2c1C(=O)c1ccccc1C2=O. The van der Waals surface area contributed by atoms with Gasteiger partial charge in [-0.2, -0.15) is 0 Å². The van der Waals surface area contributed by atoms with Crippen LogP contribution in [0.1, 0.15) is 63.9 Å². The van der Waals surface area contributed by atoms with Crippen molar-refractivity contribution in [2.24, 2.45) is 0 Å². The monoisotopic (exact) mass is 448 g/mol. The smallest absolute Gasteiger partial charge is 0.196 e. The molecule has 0 amide bonds. The molecule has 4 N–H and O–H groups in total. The second kappa shape index (κ2) is 9.15. The molecule has 3 aliphatic rings. The highest BCUT2D eigenvalue weighted by Gasteiger charge is 2.36. The van der Waals surface area contributed by atoms with E-state index in [-0.39, 0.29) is 30.3 Å². The molecule has 0 aromatic heterocycles. The summed E-state index contributed by atoms with van der Waals surface area (Å²) in [5, 5.41) is 12.5. The van der Waals surface area contributed by atoms with Crippen LogP contribution >= 0.6 is 0 Å². The molecule has 33 heavy (non-hydrogen) atoms. The average Bonchev–Trinajstić information content (AvgIpc) is 2.87. The minimum Gasteiger partial charge on any atom is -0.396 e. The van der Waals surface area contributed by atoms with E-state index >= 15 is 0 Å². The maximum atomic E-state index is 13.5. The largest absolute Gasteiger partial charge is 0.396 e. The summed E-state index contributed by atoms with van der Waals surface area (Å²) in [4.78, 5) is 31.7. The number of piperazine rings is 1. The number of ketones is 2. The van der Waals surface area contributed by atoms with Crippen LogP contribution in [0.4, 0.5) is 17.1 Å². The van der Waals surface area contributed by atoms with Crippen molar-refractivity contribution >= 4 is 28.6 Å². The van der Waals surface area contributed by atoms with Gasteiger partial charge in [-0.1, -0.05) is 43.5 Å². The molecule has 174 valence electrons. The van der Waals surface area contributed by atoms with E-state index in [9.17, 15) is 14.7 Å². The van der Waals surface area contributed by atoms with E-state index in [1.165, 1.54) is 32.1 Å². The number of nitrogens with zero attached hydrogens (tertiary/aromatic N) is 2. The van der Waals surface area contributed by atoms with Gasteiger partial charge in [-0.15, -0.1) is 0 Å². The Kier molecular flexibility index (Phi) is 6.08. The van der Waals surface area contributed by atoms with Crippen LogP contribution in [0.3, 0.4) is 0 Å². The van der Waals surface area contributed by atoms with E-state index in [1.54, 1.807) is 24.3 Å². The van der Waals surface area contributed by atoms with Gasteiger partial charge < -0.3 is 21.1 Å². The predicted molar refractivity (Wildman–Crippen MR) is 130 cm³/mol. The van der Waals surface area contributed by atoms with Crippen LogP contribution in [-0.2, 0) is 0 Å². The highest BCUT2D eigenvalue weighted by Crippen LogP contribution is 2.41. The third-order valence-corrected chi connectivity index (χ3v) is 7.39. The van der Waals surface area contributed by atoms with Crippen LogP contribution in [0.5, 0.6) is 0 Å². The molecule has 1 aliphatic heterocycles. The fourth-order valence-corrected chi connectivity index (χ4v) is 5.67. The topological polar surface area (TPSA) is 98.9 Å². The van der Waals surface area contributed by atoms with E-state index in [1.807, 2.05) is 6.07 Å². The van der Waals surface area contributed by atoms with Crippen molar-refractivity contribution in [1.29, 1.82) is 0 Å². The van der Waals surface area contributed by atoms with E-state index in [0.29, 0.717) is 34.1 Å². The van der Waals surface area contributed by atoms with E-state index in [2.05, 4.69) is 15.1 Å². The highest BCUT2D eigenvalue weighted by atomic mass is 16.3. The molecule has 7 nitrogen and oxygen atoms in total. The quantitative estimate of drug-likeness (QED) is 0.516. The first-order valence-corrected chi connectivity index (χ1v) is 12.1. The summed E-state index contributed by atoms with van der Waals surface area (Å²) in [6, 6.07) is 9.47. The number of fused-ring (bicyclic) bond motifs is 2. The zero-order valence-corrected chi connectivity index (χ0v) is 19.0. The van der Waals surface area contributed by atoms with Crippen LogP contribution in [0.15, 0.2) is 30.3 Å². The Labute approximate surface area is 194 Å². The number of anilines is 3. The Hall–Kier alpha value is -2.90. The van der Waals surface area contributed by atoms with Gasteiger partial charge in [0.1, 0.15) is 0 Å². The van der Waals surface area contributed by atoms with Gasteiger partial charge in [0.2, 0.25) is 0 Å². The van der Waals surface area contributed by atoms with Crippen molar-refractivity contribution in [3.63, 3.8) is 0 Å². The third-order valence-electron chi connectivity index (χ3n) is 7.39. The molecule has 1 saturated heterocycles. The Balaban J connectivity index is 1.49. The molecule has 2 fully saturated rings. The lowest BCUT2D eigenvalue weighted by molar-refractivity contribution is 0.0980. The van der Waals surface area contributed by atoms with Crippen LogP contribution in [0, 0.1) is 0 Å². The molecular formula is C26H32N4O3. The number of nitrogen functional groups attached to an aromatic ring is 1. The molecule has 2 aliphatic carbocycles. The Bertz CT molecular complexity index is 1070. The van der Waals surface area contributed by atoms with Crippen LogP contribution in [-0.4, -0.2) is 66.9 Å². The highest BCUT2D eigenvalue weighted by molar-refractivity contribution is 6.32. The number of carbonyl (C=O) groups excluding carboxylic acids is 2. The molecule has 2 aromatic carbocycles. The van der Waals surface area contributed by atoms with Gasteiger partial charge in [-0.25, -0.2) is 0 Å². The van der Waals surface area contributed by atoms with Crippen LogP contribution in [0.25, 0.3) is 0 Å². The summed E-state index contributed by atoms with van der Waals surface area (Å²) < 4.78 is 0. The first kappa shape index (κ1) is 21.9. The number of aliphatic hydroxyl groups is 1. The van der Waals surface area contributed by atoms with Gasteiger partial charge in [0.05, 0.1) is 29.1 Å². The Morgan fingerprint density at radius 2 is 1.58 bits per heavy atom. The summed E-state index contributed by atoms with van der Waals surface area (Å²) in [7, 11) is 0. The number of rotatable bonds is 5. The van der Waals surface area contributed by atoms with Gasteiger partial charge in [0.25, 0.3) is 0 Å². The van der Waals surface area contributed by atoms with Crippen molar-refractivity contribution < 1.29 is 14.7 Å². The molecule has 1 heterocycles. The maximum absolute atomic E-state index is 13.5. The molecule has 5 rings (SSSR count). The molecule has 0 bridgehead atoms. The number of carbonyl (C=O) groups is 2. The summed E-state index contributed by atoms with van der Waals surface area (Å²) in [6.07, 6.45) is 6.56. The average molecular weight is 449 g/mol. The van der Waals surface area contributed by atoms with Gasteiger partial charge in [0.15, 0.2) is 11.6 Å². The molecule has 0 spiro atoms. The standard InChI is InChI=1S/C26H32N4O3/c27-24-21(30-13-11-29(12-14-30)17-6-2-1-3-7-17)16-20(28-10-15-31)22-23(24)26(33)19-9-5-4-8-18(19)25(22)32/h4-5,8-9,16-17,28,31H,1-3,6-7,10-15,27H2. The van der Waals surface area contributed by atoms with Gasteiger partial charge >= 0.3 is 0 Å². The number of hydrogen-bond donors (Lipinski definition) is 3. The minimum absolute atomic E-state index is 0.0761. The maximum Gasteiger partial charge on any atom is 0.196 e. The first-order chi connectivity index (χ1) is 16.1. The molecule has 2 aromatic rings. The predicted octanol–water partition coefficient (Wildman–Crippen LogP) is 2.90. The zero-order chi connectivity index (χ0) is 22.9. The van der Waals surface area contributed by atoms with E-state index < -0.39 is 0 Å². The van der Waals surface area contributed by atoms with Crippen molar-refractivity contribution in [2.45, 2.75) is 38.1 Å². The lowest BCUT2D eigenvalue weighted by Gasteiger charge is -2.42. The molecule has 7 heteroatoms.